The first kappa shape index (κ1) is 14.7. The highest BCUT2D eigenvalue weighted by molar-refractivity contribution is 7.09. The fourth-order valence-electron chi connectivity index (χ4n) is 2.18. The summed E-state index contributed by atoms with van der Waals surface area (Å²) in [7, 11) is 0. The summed E-state index contributed by atoms with van der Waals surface area (Å²) in [6.07, 6.45) is 1.38. The maximum absolute atomic E-state index is 11.9. The molecule has 0 aliphatic heterocycles. The number of benzene rings is 1. The summed E-state index contributed by atoms with van der Waals surface area (Å²) in [5.41, 5.74) is 2.14. The number of aromatic nitrogens is 1. The van der Waals surface area contributed by atoms with Crippen molar-refractivity contribution in [2.45, 2.75) is 32.6 Å². The van der Waals surface area contributed by atoms with Crippen LogP contribution < -0.4 is 5.32 Å². The molecule has 1 heterocycles. The first-order chi connectivity index (χ1) is 9.69. The van der Waals surface area contributed by atoms with E-state index >= 15 is 0 Å². The van der Waals surface area contributed by atoms with Crippen molar-refractivity contribution in [3.8, 4) is 0 Å². The standard InChI is InChI=1S/C16H20N2OS/c1-3-13(14-7-5-4-6-8-14)10-17-16(19)9-15-11-20-12(2)18-15/h4-8,11,13H,3,9-10H2,1-2H3,(H,17,19). The third-order valence-corrected chi connectivity index (χ3v) is 4.14. The maximum Gasteiger partial charge on any atom is 0.226 e. The van der Waals surface area contributed by atoms with E-state index < -0.39 is 0 Å². The van der Waals surface area contributed by atoms with Crippen LogP contribution in [0.4, 0.5) is 0 Å². The molecule has 1 N–H and O–H groups in total. The molecule has 106 valence electrons. The number of nitrogens with one attached hydrogen (secondary N) is 1. The van der Waals surface area contributed by atoms with Gasteiger partial charge in [-0.05, 0) is 18.9 Å². The molecule has 2 aromatic rings. The first-order valence-corrected chi connectivity index (χ1v) is 7.79. The lowest BCUT2D eigenvalue weighted by molar-refractivity contribution is -0.120. The second-order valence-electron chi connectivity index (χ2n) is 4.85. The fourth-order valence-corrected chi connectivity index (χ4v) is 2.79. The average Bonchev–Trinajstić information content (AvgIpc) is 2.86. The minimum atomic E-state index is 0.0460. The van der Waals surface area contributed by atoms with Gasteiger partial charge in [0.15, 0.2) is 0 Å². The van der Waals surface area contributed by atoms with Crippen LogP contribution in [0.3, 0.4) is 0 Å². The molecule has 1 aromatic heterocycles. The van der Waals surface area contributed by atoms with E-state index in [1.54, 1.807) is 11.3 Å². The lowest BCUT2D eigenvalue weighted by Gasteiger charge is -2.16. The van der Waals surface area contributed by atoms with Gasteiger partial charge in [-0.15, -0.1) is 11.3 Å². The molecule has 20 heavy (non-hydrogen) atoms. The Kier molecular flexibility index (Phi) is 5.30. The normalized spacial score (nSPS) is 12.1. The fraction of sp³-hybridized carbons (Fsp3) is 0.375. The minimum Gasteiger partial charge on any atom is -0.355 e. The summed E-state index contributed by atoms with van der Waals surface area (Å²) in [4.78, 5) is 16.2. The van der Waals surface area contributed by atoms with Crippen molar-refractivity contribution in [3.63, 3.8) is 0 Å². The lowest BCUT2D eigenvalue weighted by Crippen LogP contribution is -2.29. The second kappa shape index (κ2) is 7.20. The highest BCUT2D eigenvalue weighted by Gasteiger charge is 2.11. The molecular formula is C16H20N2OS. The van der Waals surface area contributed by atoms with Gasteiger partial charge in [0.25, 0.3) is 0 Å². The lowest BCUT2D eigenvalue weighted by atomic mass is 9.96. The number of amides is 1. The van der Waals surface area contributed by atoms with E-state index in [4.69, 9.17) is 0 Å². The smallest absolute Gasteiger partial charge is 0.226 e. The number of nitrogens with zero attached hydrogens (tertiary/aromatic N) is 1. The SMILES string of the molecule is CCC(CNC(=O)Cc1csc(C)n1)c1ccccc1. The molecule has 0 fully saturated rings. The Balaban J connectivity index is 1.85. The van der Waals surface area contributed by atoms with E-state index in [0.717, 1.165) is 17.1 Å². The zero-order valence-electron chi connectivity index (χ0n) is 11.9. The van der Waals surface area contributed by atoms with Gasteiger partial charge in [0, 0.05) is 17.8 Å². The molecule has 0 aliphatic rings. The molecule has 3 nitrogen and oxygen atoms in total. The van der Waals surface area contributed by atoms with E-state index in [9.17, 15) is 4.79 Å². The number of hydrogen-bond acceptors (Lipinski definition) is 3. The van der Waals surface area contributed by atoms with Crippen molar-refractivity contribution in [2.75, 3.05) is 6.54 Å². The zero-order valence-corrected chi connectivity index (χ0v) is 12.7. The summed E-state index contributed by atoms with van der Waals surface area (Å²) in [6.45, 7) is 4.78. The zero-order chi connectivity index (χ0) is 14.4. The molecule has 0 aliphatic carbocycles. The third-order valence-electron chi connectivity index (χ3n) is 3.32. The molecule has 0 bridgehead atoms. The topological polar surface area (TPSA) is 42.0 Å². The molecule has 2 rings (SSSR count). The molecule has 1 unspecified atom stereocenters. The molecule has 0 saturated heterocycles. The largest absolute Gasteiger partial charge is 0.355 e. The van der Waals surface area contributed by atoms with Crippen molar-refractivity contribution in [1.82, 2.24) is 10.3 Å². The Bertz CT molecular complexity index is 551. The van der Waals surface area contributed by atoms with Gasteiger partial charge < -0.3 is 5.32 Å². The van der Waals surface area contributed by atoms with Gasteiger partial charge in [0.05, 0.1) is 17.1 Å². The van der Waals surface area contributed by atoms with Gasteiger partial charge in [-0.2, -0.15) is 0 Å². The van der Waals surface area contributed by atoms with Crippen LogP contribution in [0.2, 0.25) is 0 Å². The summed E-state index contributed by atoms with van der Waals surface area (Å²) in [6, 6.07) is 10.3. The molecular weight excluding hydrogens is 268 g/mol. The number of carbonyl (C=O) groups excluding carboxylic acids is 1. The van der Waals surface area contributed by atoms with Crippen LogP contribution in [0.1, 0.15) is 35.5 Å². The van der Waals surface area contributed by atoms with Gasteiger partial charge in [0.2, 0.25) is 5.91 Å². The monoisotopic (exact) mass is 288 g/mol. The quantitative estimate of drug-likeness (QED) is 0.886. The number of thiazole rings is 1. The Morgan fingerprint density at radius 1 is 1.35 bits per heavy atom. The molecule has 1 aromatic carbocycles. The van der Waals surface area contributed by atoms with Crippen molar-refractivity contribution in [1.29, 1.82) is 0 Å². The first-order valence-electron chi connectivity index (χ1n) is 6.91. The summed E-state index contributed by atoms with van der Waals surface area (Å²) < 4.78 is 0. The van der Waals surface area contributed by atoms with Crippen LogP contribution in [-0.4, -0.2) is 17.4 Å². The maximum atomic E-state index is 11.9. The van der Waals surface area contributed by atoms with Crippen LogP contribution >= 0.6 is 11.3 Å². The van der Waals surface area contributed by atoms with Crippen molar-refractivity contribution >= 4 is 17.2 Å². The molecule has 0 saturated carbocycles. The van der Waals surface area contributed by atoms with Crippen LogP contribution in [-0.2, 0) is 11.2 Å². The highest BCUT2D eigenvalue weighted by atomic mass is 32.1. The molecule has 0 radical (unpaired) electrons. The van der Waals surface area contributed by atoms with Crippen molar-refractivity contribution in [2.24, 2.45) is 0 Å². The predicted octanol–water partition coefficient (Wildman–Crippen LogP) is 3.30. The molecule has 0 spiro atoms. The number of carbonyl (C=O) groups is 1. The van der Waals surface area contributed by atoms with Gasteiger partial charge in [-0.1, -0.05) is 37.3 Å². The Labute approximate surface area is 124 Å². The molecule has 1 atom stereocenters. The summed E-state index contributed by atoms with van der Waals surface area (Å²) >= 11 is 1.58. The summed E-state index contributed by atoms with van der Waals surface area (Å²) in [5.74, 6) is 0.419. The van der Waals surface area contributed by atoms with E-state index in [0.29, 0.717) is 18.9 Å². The minimum absolute atomic E-state index is 0.0460. The van der Waals surface area contributed by atoms with Crippen LogP contribution in [0, 0.1) is 6.92 Å². The van der Waals surface area contributed by atoms with E-state index in [-0.39, 0.29) is 5.91 Å². The van der Waals surface area contributed by atoms with Gasteiger partial charge in [-0.25, -0.2) is 4.98 Å². The van der Waals surface area contributed by atoms with E-state index in [1.165, 1.54) is 5.56 Å². The molecule has 1 amide bonds. The second-order valence-corrected chi connectivity index (χ2v) is 5.92. The van der Waals surface area contributed by atoms with Crippen molar-refractivity contribution < 1.29 is 4.79 Å². The Hall–Kier alpha value is -1.68. The number of rotatable bonds is 6. The van der Waals surface area contributed by atoms with E-state index in [2.05, 4.69) is 29.4 Å². The van der Waals surface area contributed by atoms with Gasteiger partial charge in [-0.3, -0.25) is 4.79 Å². The summed E-state index contributed by atoms with van der Waals surface area (Å²) in [5, 5.41) is 5.97. The Morgan fingerprint density at radius 2 is 2.10 bits per heavy atom. The Morgan fingerprint density at radius 3 is 2.70 bits per heavy atom. The van der Waals surface area contributed by atoms with E-state index in [1.807, 2.05) is 30.5 Å². The van der Waals surface area contributed by atoms with Gasteiger partial charge >= 0.3 is 0 Å². The average molecular weight is 288 g/mol. The van der Waals surface area contributed by atoms with Crippen LogP contribution in [0.5, 0.6) is 0 Å². The highest BCUT2D eigenvalue weighted by Crippen LogP contribution is 2.18. The van der Waals surface area contributed by atoms with Crippen LogP contribution in [0.15, 0.2) is 35.7 Å². The third kappa shape index (κ3) is 4.17. The predicted molar refractivity (Wildman–Crippen MR) is 83.0 cm³/mol. The van der Waals surface area contributed by atoms with Crippen molar-refractivity contribution in [3.05, 3.63) is 52.0 Å². The van der Waals surface area contributed by atoms with Gasteiger partial charge in [0.1, 0.15) is 0 Å². The molecule has 4 heteroatoms. The number of aryl methyl sites for hydroxylation is 1. The number of hydrogen-bond donors (Lipinski definition) is 1. The van der Waals surface area contributed by atoms with Crippen LogP contribution in [0.25, 0.3) is 0 Å².